The van der Waals surface area contributed by atoms with E-state index in [1.165, 1.54) is 5.57 Å². The summed E-state index contributed by atoms with van der Waals surface area (Å²) in [5.74, 6) is 0. The van der Waals surface area contributed by atoms with Crippen molar-refractivity contribution in [2.24, 2.45) is 0 Å². The average Bonchev–Trinajstić information content (AvgIpc) is 2.06. The van der Waals surface area contributed by atoms with E-state index in [9.17, 15) is 0 Å². The Kier molecular flexibility index (Phi) is 14.7. The Morgan fingerprint density at radius 3 is 1.04 bits per heavy atom. The van der Waals surface area contributed by atoms with Gasteiger partial charge in [0.2, 0.25) is 0 Å². The van der Waals surface area contributed by atoms with Crippen molar-refractivity contribution in [3.05, 3.63) is 11.8 Å². The highest BCUT2D eigenvalue weighted by atomic mass is 35.7. The zero-order chi connectivity index (χ0) is 19.4. The number of hydrogen-bond donors (Lipinski definition) is 0. The summed E-state index contributed by atoms with van der Waals surface area (Å²) in [4.78, 5) is 2.04. The molecule has 11 nitrogen and oxygen atoms in total. The second kappa shape index (κ2) is 12.5. The van der Waals surface area contributed by atoms with Gasteiger partial charge in [0.25, 0.3) is 0 Å². The quantitative estimate of drug-likeness (QED) is 0.336. The monoisotopic (exact) mass is 381 g/mol. The molecule has 138 valence electrons. The third-order valence-corrected chi connectivity index (χ3v) is 1.22. The first kappa shape index (κ1) is 27.0. The first-order chi connectivity index (χ1) is 9.91. The molecule has 0 spiro atoms. The minimum atomic E-state index is -4.94. The summed E-state index contributed by atoms with van der Waals surface area (Å²) in [5, 5.41) is 0. The number of nitrogens with zero attached hydrogens (tertiary/aromatic N) is 3. The lowest BCUT2D eigenvalue weighted by molar-refractivity contribution is -2.00. The maximum absolute atomic E-state index is 8.49. The van der Waals surface area contributed by atoms with Crippen molar-refractivity contribution in [1.82, 2.24) is 4.90 Å². The molecule has 0 aromatic carbocycles. The molecule has 0 bridgehead atoms. The van der Waals surface area contributed by atoms with Crippen LogP contribution in [0.3, 0.4) is 0 Å². The Morgan fingerprint density at radius 1 is 0.696 bits per heavy atom. The van der Waals surface area contributed by atoms with Crippen LogP contribution in [-0.4, -0.2) is 68.8 Å². The van der Waals surface area contributed by atoms with Crippen molar-refractivity contribution >= 4 is 12.4 Å². The molecular formula is C10H21Cl2N3O8. The molecule has 0 amide bonds. The fraction of sp³-hybridized carbons (Fsp3) is 0.600. The summed E-state index contributed by atoms with van der Waals surface area (Å²) in [7, 11) is 2.24. The summed E-state index contributed by atoms with van der Waals surface area (Å²) < 4.78 is 72.0. The van der Waals surface area contributed by atoms with Crippen LogP contribution in [0.15, 0.2) is 11.8 Å². The lowest BCUT2D eigenvalue weighted by Crippen LogP contribution is -2.68. The van der Waals surface area contributed by atoms with Crippen molar-refractivity contribution in [3.63, 3.8) is 0 Å². The Bertz CT molecular complexity index is 361. The molecule has 0 radical (unpaired) electrons. The Hall–Kier alpha value is -0.860. The molecule has 0 aromatic rings. The van der Waals surface area contributed by atoms with E-state index in [2.05, 4.69) is 18.6 Å². The fourth-order valence-corrected chi connectivity index (χ4v) is 0.994. The minimum absolute atomic E-state index is 1.18. The van der Waals surface area contributed by atoms with Gasteiger partial charge in [-0.05, 0) is 0 Å². The Labute approximate surface area is 139 Å². The molecule has 0 heterocycles. The molecule has 0 aliphatic carbocycles. The first-order valence-electron chi connectivity index (χ1n) is 5.56. The highest BCUT2D eigenvalue weighted by Gasteiger charge is 1.99. The van der Waals surface area contributed by atoms with Crippen LogP contribution in [0.2, 0.25) is 0 Å². The van der Waals surface area contributed by atoms with Crippen molar-refractivity contribution in [1.29, 1.82) is 0 Å². The Morgan fingerprint density at radius 2 is 0.913 bits per heavy atom. The predicted octanol–water partition coefficient (Wildman–Crippen LogP) is -9.39. The third kappa shape index (κ3) is 62.4. The van der Waals surface area contributed by atoms with Gasteiger partial charge in [0.05, 0.1) is 0 Å². The van der Waals surface area contributed by atoms with Crippen LogP contribution < -0.4 is 37.3 Å². The number of halogens is 2. The molecule has 0 fully saturated rings. The van der Waals surface area contributed by atoms with Crippen molar-refractivity contribution < 1.29 is 66.9 Å². The molecule has 23 heavy (non-hydrogen) atoms. The smallest absolute Gasteiger partial charge is 0.177 e. The Balaban J connectivity index is -0.000000329. The third-order valence-electron chi connectivity index (χ3n) is 1.22. The van der Waals surface area contributed by atoms with Gasteiger partial charge in [0, 0.05) is 20.3 Å². The van der Waals surface area contributed by atoms with Crippen molar-refractivity contribution in [2.45, 2.75) is 0 Å². The zero-order valence-electron chi connectivity index (χ0n) is 13.6. The first-order valence-corrected chi connectivity index (χ1v) is 8.03. The van der Waals surface area contributed by atoms with Gasteiger partial charge in [0.15, 0.2) is 12.4 Å². The molecular weight excluding hydrogens is 361 g/mol. The normalized spacial score (nSPS) is 10.2. The lowest BCUT2D eigenvalue weighted by atomic mass is 10.3. The number of hydrogen-bond acceptors (Lipinski definition) is 9. The van der Waals surface area contributed by atoms with E-state index in [0.717, 1.165) is 0 Å². The highest BCUT2D eigenvalue weighted by Crippen LogP contribution is 1.87. The molecule has 0 rings (SSSR count). The largest absolute Gasteiger partial charge is 0.383 e. The maximum atomic E-state index is 8.49. The van der Waals surface area contributed by atoms with Gasteiger partial charge in [-0.25, -0.2) is 46.4 Å². The molecule has 0 atom stereocenters. The second-order valence-corrected chi connectivity index (χ2v) is 6.05. The van der Waals surface area contributed by atoms with Gasteiger partial charge in [-0.2, -0.15) is 0 Å². The predicted molar refractivity (Wildman–Crippen MR) is 58.1 cm³/mol. The maximum Gasteiger partial charge on any atom is 0.177 e. The molecule has 13 heteroatoms. The van der Waals surface area contributed by atoms with Crippen LogP contribution in [0.25, 0.3) is 0 Å². The fourth-order valence-electron chi connectivity index (χ4n) is 0.994. The number of allylic oxidation sites excluding steroid dienone is 1. The molecule has 0 aliphatic heterocycles. The highest BCUT2D eigenvalue weighted by molar-refractivity contribution is 6.00. The number of rotatable bonds is 3. The van der Waals surface area contributed by atoms with E-state index < -0.39 is 20.5 Å². The lowest BCUT2D eigenvalue weighted by Gasteiger charge is -2.17. The van der Waals surface area contributed by atoms with E-state index in [0.29, 0.717) is 0 Å². The van der Waals surface area contributed by atoms with Crippen LogP contribution in [-0.2, 0) is 0 Å². The van der Waals surface area contributed by atoms with Gasteiger partial charge < -0.3 is 4.90 Å². The minimum Gasteiger partial charge on any atom is -0.383 e. The molecule has 0 aliphatic rings. The zero-order valence-corrected chi connectivity index (χ0v) is 15.1. The summed E-state index contributed by atoms with van der Waals surface area (Å²) >= 11 is 0. The van der Waals surface area contributed by atoms with Crippen molar-refractivity contribution in [3.8, 4) is 0 Å². The van der Waals surface area contributed by atoms with E-state index in [1.54, 1.807) is 0 Å². The molecule has 0 aromatic heterocycles. The van der Waals surface area contributed by atoms with Crippen LogP contribution in [0.4, 0.5) is 0 Å². The van der Waals surface area contributed by atoms with E-state index in [4.69, 9.17) is 37.3 Å². The SMILES string of the molecule is CN(C)C=C(C=[N+](C)C)C=[N+](C)C.[O-][Cl+3]([O-])([O-])[O-].[O-][Cl+3]([O-])([O-])[O-]. The topological polar surface area (TPSA) is 194 Å². The molecule has 0 saturated heterocycles. The average molecular weight is 382 g/mol. The second-order valence-electron chi connectivity index (χ2n) is 4.53. The van der Waals surface area contributed by atoms with Crippen LogP contribution in [0.5, 0.6) is 0 Å². The van der Waals surface area contributed by atoms with Crippen LogP contribution in [0, 0.1) is 20.5 Å². The summed E-state index contributed by atoms with van der Waals surface area (Å²) in [6.45, 7) is 0. The molecule has 0 unspecified atom stereocenters. The molecule has 0 N–H and O–H groups in total. The van der Waals surface area contributed by atoms with E-state index in [-0.39, 0.29) is 0 Å². The molecule has 0 saturated carbocycles. The van der Waals surface area contributed by atoms with Gasteiger partial charge in [-0.3, -0.25) is 0 Å². The van der Waals surface area contributed by atoms with E-state index in [1.807, 2.05) is 56.3 Å². The van der Waals surface area contributed by atoms with E-state index >= 15 is 0 Å². The summed E-state index contributed by atoms with van der Waals surface area (Å²) in [6.07, 6.45) is 6.25. The standard InChI is InChI=1S/C10H21N3.2ClHO4/c1-11(2)7-10(8-12(3)4)9-13(5)6;2*2-1(3,4)5/h7-9H,1-6H3;2*(H,2,3,4,5)/q+2;;/p-2. The van der Waals surface area contributed by atoms with Crippen LogP contribution in [0.1, 0.15) is 0 Å². The van der Waals surface area contributed by atoms with Crippen molar-refractivity contribution in [2.75, 3.05) is 42.3 Å². The van der Waals surface area contributed by atoms with Gasteiger partial charge in [-0.15, -0.1) is 20.5 Å². The van der Waals surface area contributed by atoms with Gasteiger partial charge in [0.1, 0.15) is 33.8 Å². The van der Waals surface area contributed by atoms with Gasteiger partial charge >= 0.3 is 0 Å². The van der Waals surface area contributed by atoms with Gasteiger partial charge in [-0.1, -0.05) is 0 Å². The summed E-state index contributed by atoms with van der Waals surface area (Å²) in [5.41, 5.74) is 1.18. The van der Waals surface area contributed by atoms with Crippen LogP contribution >= 0.6 is 0 Å². The summed E-state index contributed by atoms with van der Waals surface area (Å²) in [6, 6.07) is 0.